The maximum Gasteiger partial charge on any atom is 0.191 e. The van der Waals surface area contributed by atoms with Gasteiger partial charge in [0.2, 0.25) is 0 Å². The highest BCUT2D eigenvalue weighted by molar-refractivity contribution is 6.72. The van der Waals surface area contributed by atoms with Gasteiger partial charge in [-0.3, -0.25) is 0 Å². The number of hydrogen-bond acceptors (Lipinski definition) is 3. The lowest BCUT2D eigenvalue weighted by atomic mass is 10.0. The second-order valence-electron chi connectivity index (χ2n) is 6.92. The Labute approximate surface area is 124 Å². The van der Waals surface area contributed by atoms with Crippen LogP contribution in [0.2, 0.25) is 18.6 Å². The molecule has 3 nitrogen and oxygen atoms in total. The van der Waals surface area contributed by atoms with Crippen LogP contribution in [0.25, 0.3) is 0 Å². The molecular formula is C16H30O3Si. The molecule has 2 aliphatic rings. The van der Waals surface area contributed by atoms with Crippen LogP contribution in [-0.2, 0) is 13.9 Å². The van der Waals surface area contributed by atoms with Crippen molar-refractivity contribution in [3.63, 3.8) is 0 Å². The zero-order valence-corrected chi connectivity index (χ0v) is 14.8. The topological polar surface area (TPSA) is 27.7 Å². The maximum atomic E-state index is 6.17. The third-order valence-corrected chi connectivity index (χ3v) is 8.72. The molecule has 116 valence electrons. The van der Waals surface area contributed by atoms with Crippen LogP contribution in [0.1, 0.15) is 46.5 Å². The van der Waals surface area contributed by atoms with Gasteiger partial charge < -0.3 is 13.9 Å². The third kappa shape index (κ3) is 3.35. The molecular weight excluding hydrogens is 268 g/mol. The number of hydrogen-bond donors (Lipinski definition) is 0. The van der Waals surface area contributed by atoms with Crippen LogP contribution in [0.4, 0.5) is 0 Å². The maximum absolute atomic E-state index is 6.17. The number of rotatable bonds is 6. The molecule has 0 bridgehead atoms. The van der Waals surface area contributed by atoms with Gasteiger partial charge in [-0.1, -0.05) is 19.4 Å². The van der Waals surface area contributed by atoms with Crippen LogP contribution in [-0.4, -0.2) is 33.9 Å². The van der Waals surface area contributed by atoms with E-state index in [4.69, 9.17) is 13.9 Å². The highest BCUT2D eigenvalue weighted by Gasteiger charge is 2.44. The quantitative estimate of drug-likeness (QED) is 0.417. The van der Waals surface area contributed by atoms with Gasteiger partial charge in [0.25, 0.3) is 0 Å². The van der Waals surface area contributed by atoms with Crippen molar-refractivity contribution in [2.45, 2.75) is 70.9 Å². The minimum Gasteiger partial charge on any atom is -0.417 e. The van der Waals surface area contributed by atoms with Gasteiger partial charge in [-0.2, -0.15) is 0 Å². The van der Waals surface area contributed by atoms with Crippen molar-refractivity contribution in [2.24, 2.45) is 0 Å². The summed E-state index contributed by atoms with van der Waals surface area (Å²) in [5, 5.41) is 0. The van der Waals surface area contributed by atoms with Gasteiger partial charge in [-0.15, -0.1) is 0 Å². The molecule has 0 saturated carbocycles. The van der Waals surface area contributed by atoms with E-state index in [-0.39, 0.29) is 5.79 Å². The predicted octanol–water partition coefficient (Wildman–Crippen LogP) is 4.25. The molecule has 0 N–H and O–H groups in total. The van der Waals surface area contributed by atoms with Crippen molar-refractivity contribution in [1.82, 2.24) is 0 Å². The molecule has 1 aliphatic heterocycles. The van der Waals surface area contributed by atoms with Gasteiger partial charge in [-0.25, -0.2) is 0 Å². The van der Waals surface area contributed by atoms with Crippen molar-refractivity contribution in [2.75, 3.05) is 19.8 Å². The Morgan fingerprint density at radius 2 is 1.90 bits per heavy atom. The fraction of sp³-hybridized carbons (Fsp3) is 0.875. The van der Waals surface area contributed by atoms with Gasteiger partial charge in [0.05, 0.1) is 13.2 Å². The lowest BCUT2D eigenvalue weighted by Gasteiger charge is -2.28. The molecule has 1 saturated heterocycles. The molecule has 0 radical (unpaired) electrons. The monoisotopic (exact) mass is 298 g/mol. The highest BCUT2D eigenvalue weighted by Crippen LogP contribution is 2.43. The molecule has 1 aliphatic carbocycles. The summed E-state index contributed by atoms with van der Waals surface area (Å²) in [6, 6.07) is 0. The molecule has 0 unspecified atom stereocenters. The van der Waals surface area contributed by atoms with Crippen molar-refractivity contribution in [3.8, 4) is 0 Å². The van der Waals surface area contributed by atoms with Crippen LogP contribution < -0.4 is 0 Å². The molecule has 0 aromatic carbocycles. The third-order valence-electron chi connectivity index (χ3n) is 4.99. The van der Waals surface area contributed by atoms with E-state index >= 15 is 0 Å². The molecule has 20 heavy (non-hydrogen) atoms. The van der Waals surface area contributed by atoms with Crippen LogP contribution in [0.15, 0.2) is 11.1 Å². The number of ether oxygens (including phenoxy) is 2. The minimum atomic E-state index is -1.49. The molecule has 0 aromatic heterocycles. The first-order chi connectivity index (χ1) is 9.37. The zero-order valence-electron chi connectivity index (χ0n) is 13.8. The Balaban J connectivity index is 1.83. The SMILES string of the molecule is CC1=C(CCCO[Si](C)(C)C(C)C)C2(CC1)OCCO2. The molecule has 1 fully saturated rings. The standard InChI is InChI=1S/C16H30O3Si/c1-13(2)20(4,5)19-10-6-7-15-14(3)8-9-16(15)17-11-12-18-16/h13H,6-12H2,1-5H3. The predicted molar refractivity (Wildman–Crippen MR) is 84.3 cm³/mol. The summed E-state index contributed by atoms with van der Waals surface area (Å²) in [4.78, 5) is 0. The molecule has 1 spiro atoms. The van der Waals surface area contributed by atoms with Crippen LogP contribution in [0, 0.1) is 0 Å². The first-order valence-electron chi connectivity index (χ1n) is 7.98. The van der Waals surface area contributed by atoms with Crippen molar-refractivity contribution < 1.29 is 13.9 Å². The van der Waals surface area contributed by atoms with E-state index in [9.17, 15) is 0 Å². The first-order valence-corrected chi connectivity index (χ1v) is 11.0. The summed E-state index contributed by atoms with van der Waals surface area (Å²) in [5.41, 5.74) is 3.53. The average molecular weight is 298 g/mol. The van der Waals surface area contributed by atoms with E-state index < -0.39 is 8.32 Å². The normalized spacial score (nSPS) is 22.5. The fourth-order valence-corrected chi connectivity index (χ4v) is 3.91. The molecule has 1 heterocycles. The first kappa shape index (κ1) is 16.2. The molecule has 0 aromatic rings. The van der Waals surface area contributed by atoms with Crippen molar-refractivity contribution in [3.05, 3.63) is 11.1 Å². The molecule has 0 atom stereocenters. The van der Waals surface area contributed by atoms with E-state index in [0.717, 1.165) is 45.5 Å². The molecule has 2 rings (SSSR count). The smallest absolute Gasteiger partial charge is 0.191 e. The van der Waals surface area contributed by atoms with Crippen molar-refractivity contribution >= 4 is 8.32 Å². The minimum absolute atomic E-state index is 0.366. The molecule has 4 heteroatoms. The Hall–Kier alpha value is -0.163. The van der Waals surface area contributed by atoms with Crippen LogP contribution in [0.5, 0.6) is 0 Å². The fourth-order valence-electron chi connectivity index (χ4n) is 2.91. The Morgan fingerprint density at radius 1 is 1.25 bits per heavy atom. The van der Waals surface area contributed by atoms with Crippen LogP contribution in [0.3, 0.4) is 0 Å². The summed E-state index contributed by atoms with van der Waals surface area (Å²) in [6.45, 7) is 13.7. The summed E-state index contributed by atoms with van der Waals surface area (Å²) >= 11 is 0. The average Bonchev–Trinajstić information content (AvgIpc) is 2.96. The summed E-state index contributed by atoms with van der Waals surface area (Å²) < 4.78 is 18.0. The largest absolute Gasteiger partial charge is 0.417 e. The highest BCUT2D eigenvalue weighted by atomic mass is 28.4. The van der Waals surface area contributed by atoms with Gasteiger partial charge >= 0.3 is 0 Å². The Morgan fingerprint density at radius 3 is 2.50 bits per heavy atom. The summed E-state index contributed by atoms with van der Waals surface area (Å²) in [6.07, 6.45) is 4.24. The van der Waals surface area contributed by atoms with E-state index in [0.29, 0.717) is 5.54 Å². The zero-order chi connectivity index (χ0) is 14.8. The van der Waals surface area contributed by atoms with E-state index in [1.54, 1.807) is 0 Å². The summed E-state index contributed by atoms with van der Waals surface area (Å²) in [5.74, 6) is -0.366. The van der Waals surface area contributed by atoms with Gasteiger partial charge in [0, 0.05) is 13.0 Å². The van der Waals surface area contributed by atoms with Crippen molar-refractivity contribution in [1.29, 1.82) is 0 Å². The van der Waals surface area contributed by atoms with Gasteiger partial charge in [0.15, 0.2) is 14.1 Å². The Bertz CT molecular complexity index is 368. The van der Waals surface area contributed by atoms with E-state index in [1.165, 1.54) is 11.1 Å². The van der Waals surface area contributed by atoms with Gasteiger partial charge in [0.1, 0.15) is 0 Å². The van der Waals surface area contributed by atoms with E-state index in [1.807, 2.05) is 0 Å². The Kier molecular flexibility index (Phi) is 5.11. The van der Waals surface area contributed by atoms with Crippen LogP contribution >= 0.6 is 0 Å². The van der Waals surface area contributed by atoms with E-state index in [2.05, 4.69) is 33.9 Å². The lowest BCUT2D eigenvalue weighted by Crippen LogP contribution is -2.34. The van der Waals surface area contributed by atoms with Gasteiger partial charge in [-0.05, 0) is 50.4 Å². The summed E-state index contributed by atoms with van der Waals surface area (Å²) in [7, 11) is -1.49. The molecule has 0 amide bonds. The lowest BCUT2D eigenvalue weighted by molar-refractivity contribution is -0.125. The number of allylic oxidation sites excluding steroid dienone is 1. The second kappa shape index (κ2) is 6.30. The second-order valence-corrected chi connectivity index (χ2v) is 11.6.